The summed E-state index contributed by atoms with van der Waals surface area (Å²) in [7, 11) is 0. The second kappa shape index (κ2) is 3.89. The topological polar surface area (TPSA) is 57.4 Å². The van der Waals surface area contributed by atoms with E-state index in [9.17, 15) is 9.70 Å². The molecule has 2 aromatic carbocycles. The largest absolute Gasteiger partial charge is 0.329 e. The van der Waals surface area contributed by atoms with Gasteiger partial charge in [0.15, 0.2) is 0 Å². The Morgan fingerprint density at radius 3 is 2.50 bits per heavy atom. The predicted molar refractivity (Wildman–Crippen MR) is 70.7 cm³/mol. The smallest absolute Gasteiger partial charge is 0.288 e. The number of benzene rings is 2. The molecular weight excluding hydrogens is 250 g/mol. The quantitative estimate of drug-likeness (QED) is 0.538. The molecule has 5 heteroatoms. The van der Waals surface area contributed by atoms with Crippen LogP contribution in [0, 0.1) is 4.91 Å². The molecule has 0 amide bonds. The summed E-state index contributed by atoms with van der Waals surface area (Å²) < 4.78 is 1.55. The molecular formula is C13H8NO3S+. The second-order valence-corrected chi connectivity index (χ2v) is 4.93. The van der Waals surface area contributed by atoms with Crippen molar-refractivity contribution in [3.63, 3.8) is 0 Å². The van der Waals surface area contributed by atoms with Gasteiger partial charge in [0.05, 0.1) is 4.91 Å². The summed E-state index contributed by atoms with van der Waals surface area (Å²) in [6.45, 7) is 0. The highest BCUT2D eigenvalue weighted by Gasteiger charge is 2.20. The Morgan fingerprint density at radius 2 is 1.72 bits per heavy atom. The van der Waals surface area contributed by atoms with Gasteiger partial charge in [0, 0.05) is 20.9 Å². The first kappa shape index (κ1) is 10.9. The van der Waals surface area contributed by atoms with Crippen molar-refractivity contribution >= 4 is 37.2 Å². The molecule has 3 rings (SSSR count). The van der Waals surface area contributed by atoms with Crippen LogP contribution < -0.4 is 5.43 Å². The van der Waals surface area contributed by atoms with Gasteiger partial charge in [0.2, 0.25) is 5.43 Å². The lowest BCUT2D eigenvalue weighted by molar-refractivity contribution is -0.728. The van der Waals surface area contributed by atoms with Crippen molar-refractivity contribution in [2.45, 2.75) is 0 Å². The molecule has 88 valence electrons. The van der Waals surface area contributed by atoms with E-state index in [4.69, 9.17) is 5.21 Å². The third-order valence-electron chi connectivity index (χ3n) is 2.79. The van der Waals surface area contributed by atoms with E-state index >= 15 is 0 Å². The van der Waals surface area contributed by atoms with Gasteiger partial charge in [0.1, 0.15) is 5.39 Å². The molecule has 0 radical (unpaired) electrons. The van der Waals surface area contributed by atoms with Crippen LogP contribution >= 0.6 is 11.3 Å². The maximum atomic E-state index is 12.3. The average molecular weight is 258 g/mol. The molecule has 3 aromatic rings. The lowest BCUT2D eigenvalue weighted by atomic mass is 10.1. The molecule has 1 aromatic heterocycles. The van der Waals surface area contributed by atoms with Gasteiger partial charge in [0.25, 0.3) is 4.92 Å². The van der Waals surface area contributed by atoms with E-state index < -0.39 is 0 Å². The van der Waals surface area contributed by atoms with E-state index in [1.165, 1.54) is 17.4 Å². The molecule has 1 heterocycles. The van der Waals surface area contributed by atoms with Gasteiger partial charge in [-0.3, -0.25) is 4.79 Å². The lowest BCUT2D eigenvalue weighted by Crippen LogP contribution is -2.04. The maximum Gasteiger partial charge on any atom is 0.329 e. The van der Waals surface area contributed by atoms with Crippen LogP contribution in [0.15, 0.2) is 47.3 Å². The minimum atomic E-state index is -0.259. The van der Waals surface area contributed by atoms with Crippen molar-refractivity contribution in [1.29, 1.82) is 0 Å². The summed E-state index contributed by atoms with van der Waals surface area (Å²) in [6, 6.07) is 12.1. The summed E-state index contributed by atoms with van der Waals surface area (Å²) in [4.78, 5) is 23.2. The summed E-state index contributed by atoms with van der Waals surface area (Å²) in [5.41, 5.74) is -0.246. The van der Waals surface area contributed by atoms with Crippen LogP contribution in [0.4, 0.5) is 5.69 Å². The first-order valence-corrected chi connectivity index (χ1v) is 6.11. The molecule has 4 nitrogen and oxygen atoms in total. The van der Waals surface area contributed by atoms with Crippen LogP contribution in [0.1, 0.15) is 0 Å². The average Bonchev–Trinajstić information content (AvgIpc) is 2.38. The normalized spacial score (nSPS) is 10.9. The van der Waals surface area contributed by atoms with E-state index in [-0.39, 0.29) is 21.4 Å². The zero-order valence-corrected chi connectivity index (χ0v) is 9.98. The minimum Gasteiger partial charge on any atom is -0.288 e. The number of nitrogens with zero attached hydrogens (tertiary/aromatic N) is 1. The zero-order chi connectivity index (χ0) is 12.7. The first-order chi connectivity index (χ1) is 8.68. The first-order valence-electron chi connectivity index (χ1n) is 5.29. The van der Waals surface area contributed by atoms with Crippen molar-refractivity contribution in [1.82, 2.24) is 0 Å². The van der Waals surface area contributed by atoms with E-state index in [2.05, 4.69) is 0 Å². The van der Waals surface area contributed by atoms with E-state index in [0.29, 0.717) is 10.1 Å². The van der Waals surface area contributed by atoms with Gasteiger partial charge >= 0.3 is 5.69 Å². The highest BCUT2D eigenvalue weighted by molar-refractivity contribution is 7.24. The summed E-state index contributed by atoms with van der Waals surface area (Å²) in [5, 5.41) is 9.88. The van der Waals surface area contributed by atoms with Gasteiger partial charge in [-0.15, -0.1) is 11.3 Å². The molecule has 1 N–H and O–H groups in total. The van der Waals surface area contributed by atoms with Gasteiger partial charge in [-0.1, -0.05) is 18.2 Å². The molecule has 0 atom stereocenters. The molecule has 0 spiro atoms. The number of hydrogen-bond donors (Lipinski definition) is 1. The molecule has 0 aliphatic carbocycles. The van der Waals surface area contributed by atoms with E-state index in [1.807, 2.05) is 12.1 Å². The van der Waals surface area contributed by atoms with Crippen LogP contribution in [0.2, 0.25) is 0 Å². The highest BCUT2D eigenvalue weighted by Crippen LogP contribution is 2.29. The SMILES string of the molecule is O=c1c2ccccc2sc2cccc([N+](=O)O)c12. The molecule has 0 aliphatic rings. The van der Waals surface area contributed by atoms with E-state index in [0.717, 1.165) is 4.70 Å². The van der Waals surface area contributed by atoms with Gasteiger partial charge in [-0.2, -0.15) is 0 Å². The van der Waals surface area contributed by atoms with Crippen molar-refractivity contribution in [2.75, 3.05) is 0 Å². The fourth-order valence-corrected chi connectivity index (χ4v) is 3.09. The molecule has 0 saturated heterocycles. The molecule has 0 bridgehead atoms. The minimum absolute atomic E-state index is 0.0143. The van der Waals surface area contributed by atoms with Gasteiger partial charge < -0.3 is 0 Å². The molecule has 0 fully saturated rings. The predicted octanol–water partition coefficient (Wildman–Crippen LogP) is 3.21. The van der Waals surface area contributed by atoms with Gasteiger partial charge in [-0.25, -0.2) is 5.21 Å². The standard InChI is InChI=1S/C13H8NO3S/c15-13-8-4-1-2-6-10(8)18-11-7-3-5-9(12(11)13)14(16)17/h1-7H,(H,16,17)/q+1. The Labute approximate surface area is 105 Å². The number of fused-ring (bicyclic) bond motifs is 2. The Bertz CT molecular complexity index is 838. The third-order valence-corrected chi connectivity index (χ3v) is 3.93. The van der Waals surface area contributed by atoms with Crippen LogP contribution in [-0.2, 0) is 0 Å². The second-order valence-electron chi connectivity index (χ2n) is 3.85. The fraction of sp³-hybridized carbons (Fsp3) is 0. The van der Waals surface area contributed by atoms with Crippen LogP contribution in [0.3, 0.4) is 0 Å². The van der Waals surface area contributed by atoms with Crippen molar-refractivity contribution in [3.05, 3.63) is 57.6 Å². The number of rotatable bonds is 1. The third kappa shape index (κ3) is 1.48. The van der Waals surface area contributed by atoms with Crippen LogP contribution in [-0.4, -0.2) is 10.1 Å². The zero-order valence-electron chi connectivity index (χ0n) is 9.16. The Hall–Kier alpha value is -2.27. The fourth-order valence-electron chi connectivity index (χ4n) is 1.99. The van der Waals surface area contributed by atoms with Gasteiger partial charge in [-0.05, 0) is 18.2 Å². The lowest BCUT2D eigenvalue weighted by Gasteiger charge is -1.99. The van der Waals surface area contributed by atoms with Crippen molar-refractivity contribution in [2.24, 2.45) is 0 Å². The summed E-state index contributed by atoms with van der Waals surface area (Å²) in [6.07, 6.45) is 0. The van der Waals surface area contributed by atoms with Crippen LogP contribution in [0.25, 0.3) is 20.2 Å². The Morgan fingerprint density at radius 1 is 1.00 bits per heavy atom. The van der Waals surface area contributed by atoms with Crippen LogP contribution in [0.5, 0.6) is 0 Å². The Kier molecular flexibility index (Phi) is 2.34. The maximum absolute atomic E-state index is 12.3. The molecule has 18 heavy (non-hydrogen) atoms. The molecule has 0 saturated carbocycles. The van der Waals surface area contributed by atoms with Crippen molar-refractivity contribution < 1.29 is 10.1 Å². The number of hydrogen-bond acceptors (Lipinski definition) is 3. The monoisotopic (exact) mass is 258 g/mol. The molecule has 0 unspecified atom stereocenters. The van der Waals surface area contributed by atoms with E-state index in [1.54, 1.807) is 24.3 Å². The summed E-state index contributed by atoms with van der Waals surface area (Å²) >= 11 is 1.42. The molecule has 0 aliphatic heterocycles. The highest BCUT2D eigenvalue weighted by atomic mass is 32.1. The summed E-state index contributed by atoms with van der Waals surface area (Å²) in [5.74, 6) is 0. The Balaban J connectivity index is 2.61. The van der Waals surface area contributed by atoms with Crippen molar-refractivity contribution in [3.8, 4) is 0 Å².